The first-order valence-electron chi connectivity index (χ1n) is 18.1. The van der Waals surface area contributed by atoms with Crippen molar-refractivity contribution in [2.24, 2.45) is 0 Å². The van der Waals surface area contributed by atoms with E-state index in [1.165, 1.54) is 14.2 Å². The third-order valence-electron chi connectivity index (χ3n) is 10.9. The maximum atomic E-state index is 13.4. The predicted octanol–water partition coefficient (Wildman–Crippen LogP) is 5.73. The van der Waals surface area contributed by atoms with Gasteiger partial charge in [-0.3, -0.25) is 9.59 Å². The number of methoxy groups -OCH3 is 2. The van der Waals surface area contributed by atoms with E-state index in [9.17, 15) is 19.2 Å². The summed E-state index contributed by atoms with van der Waals surface area (Å²) >= 11 is 0. The molecule has 14 heteroatoms. The van der Waals surface area contributed by atoms with Crippen molar-refractivity contribution in [2.75, 3.05) is 20.8 Å². The molecule has 3 aliphatic heterocycles. The number of fused-ring (bicyclic) bond motifs is 3. The summed E-state index contributed by atoms with van der Waals surface area (Å²) in [6.07, 6.45) is 3.55. The van der Waals surface area contributed by atoms with E-state index >= 15 is 0 Å². The van der Waals surface area contributed by atoms with Crippen LogP contribution in [0, 0.1) is 0 Å². The Hall–Kier alpha value is -5.92. The number of H-pyrrole nitrogens is 2. The Morgan fingerprint density at radius 2 is 1.32 bits per heavy atom. The number of nitrogens with one attached hydrogen (secondary N) is 4. The first-order chi connectivity index (χ1) is 25.7. The number of benzene rings is 3. The van der Waals surface area contributed by atoms with Crippen LogP contribution in [0.4, 0.5) is 9.59 Å². The number of rotatable bonds is 7. The lowest BCUT2D eigenvalue weighted by Gasteiger charge is -2.37. The molecule has 4 N–H and O–H groups in total. The SMILES string of the molecule is COC(=O)N[C@H]1CC[C@H]2CC[C@@H](c3nc4ccc(-c5ccc(-c6ccc7nc([C@@H]8CCCN8C(=O)[C@@H](C)NC(=O)OC)[nH]c7c6)cc5)cc4[nH]3)N2C1=O. The molecule has 0 unspecified atom stereocenters. The first-order valence-corrected chi connectivity index (χ1v) is 18.1. The Balaban J connectivity index is 0.975. The van der Waals surface area contributed by atoms with Crippen LogP contribution in [0.1, 0.15) is 69.2 Å². The second kappa shape index (κ2) is 13.9. The predicted molar refractivity (Wildman–Crippen MR) is 196 cm³/mol. The number of imidazole rings is 2. The quantitative estimate of drug-likeness (QED) is 0.165. The second-order valence-electron chi connectivity index (χ2n) is 14.1. The summed E-state index contributed by atoms with van der Waals surface area (Å²) in [5, 5.41) is 5.26. The van der Waals surface area contributed by atoms with E-state index in [1.807, 2.05) is 17.0 Å². The monoisotopic (exact) mass is 718 g/mol. The summed E-state index contributed by atoms with van der Waals surface area (Å²) in [5.74, 6) is 1.24. The minimum atomic E-state index is -0.708. The average Bonchev–Trinajstić information content (AvgIpc) is 3.99. The maximum Gasteiger partial charge on any atom is 0.407 e. The number of carbonyl (C=O) groups excluding carboxylic acids is 4. The van der Waals surface area contributed by atoms with Gasteiger partial charge in [0.2, 0.25) is 11.8 Å². The number of carbonyl (C=O) groups is 4. The smallest absolute Gasteiger partial charge is 0.407 e. The highest BCUT2D eigenvalue weighted by atomic mass is 16.5. The number of likely N-dealkylation sites (tertiary alicyclic amines) is 1. The molecule has 0 bridgehead atoms. The van der Waals surface area contributed by atoms with Gasteiger partial charge in [0.25, 0.3) is 0 Å². The molecule has 14 nitrogen and oxygen atoms in total. The highest BCUT2D eigenvalue weighted by Crippen LogP contribution is 2.41. The molecule has 5 atom stereocenters. The zero-order valence-corrected chi connectivity index (χ0v) is 29.8. The van der Waals surface area contributed by atoms with Crippen LogP contribution in [0.5, 0.6) is 0 Å². The van der Waals surface area contributed by atoms with Gasteiger partial charge >= 0.3 is 12.2 Å². The third kappa shape index (κ3) is 6.42. The largest absolute Gasteiger partial charge is 0.453 e. The summed E-state index contributed by atoms with van der Waals surface area (Å²) in [7, 11) is 2.57. The number of alkyl carbamates (subject to hydrolysis) is 2. The number of hydrogen-bond acceptors (Lipinski definition) is 8. The lowest BCUT2D eigenvalue weighted by Crippen LogP contribution is -2.54. The van der Waals surface area contributed by atoms with Crippen LogP contribution >= 0.6 is 0 Å². The molecule has 3 aliphatic rings. The van der Waals surface area contributed by atoms with Crippen molar-refractivity contribution in [2.45, 2.75) is 75.7 Å². The molecule has 274 valence electrons. The van der Waals surface area contributed by atoms with Crippen molar-refractivity contribution in [3.8, 4) is 22.3 Å². The van der Waals surface area contributed by atoms with E-state index in [1.54, 1.807) is 11.8 Å². The van der Waals surface area contributed by atoms with Crippen LogP contribution in [0.2, 0.25) is 0 Å². The molecule has 53 heavy (non-hydrogen) atoms. The minimum absolute atomic E-state index is 0.0871. The van der Waals surface area contributed by atoms with Gasteiger partial charge in [0, 0.05) is 12.6 Å². The zero-order valence-electron chi connectivity index (χ0n) is 29.8. The number of piperidine rings is 1. The number of ether oxygens (including phenoxy) is 2. The Morgan fingerprint density at radius 3 is 1.92 bits per heavy atom. The van der Waals surface area contributed by atoms with Crippen molar-refractivity contribution >= 4 is 46.1 Å². The number of nitrogens with zero attached hydrogens (tertiary/aromatic N) is 4. The fourth-order valence-electron chi connectivity index (χ4n) is 8.22. The molecule has 5 aromatic rings. The van der Waals surface area contributed by atoms with E-state index in [4.69, 9.17) is 14.7 Å². The normalized spacial score (nSPS) is 21.8. The Bertz CT molecular complexity index is 2210. The molecule has 0 radical (unpaired) electrons. The third-order valence-corrected chi connectivity index (χ3v) is 10.9. The fourth-order valence-corrected chi connectivity index (χ4v) is 8.22. The summed E-state index contributed by atoms with van der Waals surface area (Å²) in [5.41, 5.74) is 7.63. The van der Waals surface area contributed by atoms with Gasteiger partial charge in [-0.05, 0) is 92.0 Å². The lowest BCUT2D eigenvalue weighted by atomic mass is 9.98. The molecular weight excluding hydrogens is 676 g/mol. The number of hydrogen-bond donors (Lipinski definition) is 4. The molecule has 8 rings (SSSR count). The van der Waals surface area contributed by atoms with Crippen LogP contribution in [-0.4, -0.2) is 92.6 Å². The van der Waals surface area contributed by atoms with Gasteiger partial charge < -0.3 is 39.9 Å². The molecule has 3 saturated heterocycles. The lowest BCUT2D eigenvalue weighted by molar-refractivity contribution is -0.139. The molecule has 5 heterocycles. The maximum absolute atomic E-state index is 13.4. The molecule has 0 saturated carbocycles. The van der Waals surface area contributed by atoms with Crippen molar-refractivity contribution in [3.05, 3.63) is 72.3 Å². The standard InChI is InChI=1S/C39H42N8O6/c1-21(40-38(50)52-2)36(48)46-18-4-5-32(46)34-41-27-14-10-24(19-30(27)43-34)22-6-8-23(9-7-22)25-11-15-28-31(20-25)44-35(42-28)33-17-13-26-12-16-29(37(49)47(26)33)45-39(51)53-3/h6-11,14-15,19-21,26,29,32-33H,4-5,12-13,16-18H2,1-3H3,(H,40,50)(H,41,43)(H,42,44)(H,45,51)/t21-,26+,29+,32+,33+/m1/s1. The topological polar surface area (TPSA) is 175 Å². The molecule has 0 spiro atoms. The summed E-state index contributed by atoms with van der Waals surface area (Å²) in [6.45, 7) is 2.25. The molecule has 4 amide bonds. The van der Waals surface area contributed by atoms with E-state index in [-0.39, 0.29) is 29.9 Å². The van der Waals surface area contributed by atoms with Gasteiger partial charge in [-0.15, -0.1) is 0 Å². The summed E-state index contributed by atoms with van der Waals surface area (Å²) < 4.78 is 9.39. The van der Waals surface area contributed by atoms with Crippen LogP contribution < -0.4 is 10.6 Å². The summed E-state index contributed by atoms with van der Waals surface area (Å²) in [6, 6.07) is 19.1. The molecule has 0 aliphatic carbocycles. The van der Waals surface area contributed by atoms with Gasteiger partial charge in [0.15, 0.2) is 0 Å². The van der Waals surface area contributed by atoms with Crippen LogP contribution in [0.3, 0.4) is 0 Å². The van der Waals surface area contributed by atoms with Gasteiger partial charge in [-0.25, -0.2) is 19.6 Å². The Labute approximate surface area is 305 Å². The fraction of sp³-hybridized carbons (Fsp3) is 0.385. The Kier molecular flexibility index (Phi) is 8.96. The number of aromatic amines is 2. The first kappa shape index (κ1) is 34.2. The van der Waals surface area contributed by atoms with E-state index in [0.717, 1.165) is 88.1 Å². The number of aromatic nitrogens is 4. The highest BCUT2D eigenvalue weighted by Gasteiger charge is 2.45. The van der Waals surface area contributed by atoms with Crippen LogP contribution in [0.25, 0.3) is 44.3 Å². The van der Waals surface area contributed by atoms with Crippen molar-refractivity contribution in [3.63, 3.8) is 0 Å². The molecule has 3 aromatic carbocycles. The summed E-state index contributed by atoms with van der Waals surface area (Å²) in [4.78, 5) is 70.5. The van der Waals surface area contributed by atoms with Gasteiger partial charge in [0.05, 0.1) is 48.4 Å². The highest BCUT2D eigenvalue weighted by molar-refractivity contribution is 5.88. The van der Waals surface area contributed by atoms with E-state index in [0.29, 0.717) is 13.0 Å². The average molecular weight is 719 g/mol. The van der Waals surface area contributed by atoms with E-state index in [2.05, 4.69) is 73.9 Å². The Morgan fingerprint density at radius 1 is 0.755 bits per heavy atom. The van der Waals surface area contributed by atoms with Crippen LogP contribution in [0.15, 0.2) is 60.7 Å². The van der Waals surface area contributed by atoms with Gasteiger partial charge in [-0.1, -0.05) is 36.4 Å². The zero-order chi connectivity index (χ0) is 36.8. The van der Waals surface area contributed by atoms with Crippen molar-refractivity contribution in [1.29, 1.82) is 0 Å². The molecule has 3 fully saturated rings. The number of amides is 4. The van der Waals surface area contributed by atoms with E-state index < -0.39 is 24.3 Å². The van der Waals surface area contributed by atoms with Gasteiger partial charge in [0.1, 0.15) is 23.7 Å². The molecule has 2 aromatic heterocycles. The van der Waals surface area contributed by atoms with Crippen LogP contribution in [-0.2, 0) is 19.1 Å². The van der Waals surface area contributed by atoms with Crippen molar-refractivity contribution < 1.29 is 28.7 Å². The van der Waals surface area contributed by atoms with Gasteiger partial charge in [-0.2, -0.15) is 0 Å². The minimum Gasteiger partial charge on any atom is -0.453 e. The second-order valence-corrected chi connectivity index (χ2v) is 14.1. The molecular formula is C39H42N8O6. The van der Waals surface area contributed by atoms with Crippen molar-refractivity contribution in [1.82, 2.24) is 40.4 Å².